The van der Waals surface area contributed by atoms with Crippen molar-refractivity contribution in [3.8, 4) is 0 Å². The third-order valence-corrected chi connectivity index (χ3v) is 17.6. The lowest BCUT2D eigenvalue weighted by atomic mass is 9.98. The van der Waals surface area contributed by atoms with Crippen molar-refractivity contribution < 1.29 is 67.4 Å². The third kappa shape index (κ3) is 39.0. The first-order valence-corrected chi connectivity index (χ1v) is 38.3. The molecule has 26 N–H and O–H groups in total. The van der Waals surface area contributed by atoms with Gasteiger partial charge in [-0.25, -0.2) is 0 Å². The Hall–Kier alpha value is -8.62. The molecule has 38 heteroatoms. The number of carbonyl (C=O) groups excluding carboxylic acids is 13. The Morgan fingerprint density at radius 3 is 1.11 bits per heavy atom. The molecule has 0 spiro atoms. The molecule has 36 nitrogen and oxygen atoms in total. The number of hydrogen-bond acceptors (Lipinski definition) is 21. The van der Waals surface area contributed by atoms with Gasteiger partial charge < -0.3 is 108 Å². The van der Waals surface area contributed by atoms with E-state index >= 15 is 0 Å². The molecule has 1 aromatic heterocycles. The highest BCUT2D eigenvalue weighted by molar-refractivity contribution is 7.80. The molecule has 12 unspecified atom stereocenters. The highest BCUT2D eigenvalue weighted by atomic mass is 32.1. The number of aliphatic hydroxyl groups excluding tert-OH is 1. The number of carbonyl (C=O) groups is 13. The SMILES string of the molecule is CC(C)CC(NC(=O)C(CC(C)C)NC(=O)C(CCCNC(=N)N)NC(=O)C(CCCCN)NC(=O)C(C)(C)NC(=O)C(CC(C)C)NC(=O)C(CCCCN)NC(=O)C(CCCNC(=N)N)NC(=O)C(CC(C)C)NC(=O)C(CS)NC(=O)C(CO)NC(=O)C(C)NC(=O)c1ccccn1)C(=O)NC(C)CS. The Morgan fingerprint density at radius 2 is 0.759 bits per heavy atom. The van der Waals surface area contributed by atoms with Crippen molar-refractivity contribution in [2.24, 2.45) is 46.6 Å². The highest BCUT2D eigenvalue weighted by Gasteiger charge is 2.39. The molecule has 0 bridgehead atoms. The van der Waals surface area contributed by atoms with Gasteiger partial charge in [-0.3, -0.25) is 78.1 Å². The van der Waals surface area contributed by atoms with Gasteiger partial charge in [0.1, 0.15) is 77.7 Å². The summed E-state index contributed by atoms with van der Waals surface area (Å²) in [4.78, 5) is 186. The fourth-order valence-electron chi connectivity index (χ4n) is 10.8. The summed E-state index contributed by atoms with van der Waals surface area (Å²) in [5.74, 6) is -11.7. The molecule has 0 aliphatic heterocycles. The van der Waals surface area contributed by atoms with Crippen molar-refractivity contribution in [2.45, 2.75) is 251 Å². The van der Waals surface area contributed by atoms with Crippen molar-refractivity contribution in [3.05, 3.63) is 30.1 Å². The molecule has 0 aliphatic rings. The Morgan fingerprint density at radius 1 is 0.426 bits per heavy atom. The topological polar surface area (TPSA) is 587 Å². The normalized spacial score (nSPS) is 14.7. The van der Waals surface area contributed by atoms with Crippen LogP contribution in [0.3, 0.4) is 0 Å². The average molecular weight is 1560 g/mol. The van der Waals surface area contributed by atoms with E-state index in [4.69, 9.17) is 33.8 Å². The summed E-state index contributed by atoms with van der Waals surface area (Å²) in [7, 11) is 0. The number of guanidine groups is 2. The van der Waals surface area contributed by atoms with Crippen LogP contribution in [0.5, 0.6) is 0 Å². The van der Waals surface area contributed by atoms with Crippen LogP contribution in [-0.4, -0.2) is 221 Å². The Balaban J connectivity index is 3.63. The zero-order valence-electron chi connectivity index (χ0n) is 64.8. The van der Waals surface area contributed by atoms with E-state index in [1.807, 2.05) is 27.7 Å². The number of thiol groups is 2. The second kappa shape index (κ2) is 51.7. The third-order valence-electron chi connectivity index (χ3n) is 16.7. The summed E-state index contributed by atoms with van der Waals surface area (Å²) in [6, 6.07) is -10.3. The predicted octanol–water partition coefficient (Wildman–Crippen LogP) is -2.73. The van der Waals surface area contributed by atoms with Crippen LogP contribution in [0.15, 0.2) is 24.4 Å². The number of aromatic nitrogens is 1. The fourth-order valence-corrected chi connectivity index (χ4v) is 11.2. The summed E-state index contributed by atoms with van der Waals surface area (Å²) in [5.41, 5.74) is 21.0. The molecule has 0 aliphatic carbocycles. The number of nitrogens with two attached hydrogens (primary N) is 4. The van der Waals surface area contributed by atoms with Gasteiger partial charge in [-0.2, -0.15) is 25.3 Å². The van der Waals surface area contributed by atoms with Crippen molar-refractivity contribution in [3.63, 3.8) is 0 Å². The van der Waals surface area contributed by atoms with Gasteiger partial charge in [-0.05, 0) is 166 Å². The standard InChI is InChI=1S/C70H126N22O14S2/c1-38(2)31-49(61(100)80-42(9)36-107)86-63(102)51(33-40(5)6)85-59(98)47(25-20-30-79-69(75)76)83-60(99)48(23-14-17-27-72)91-67(106)70(11,12)92-66(105)52(34-41(7)8)88-58(97)45(22-13-16-26-71)82-57(96)46(24-19-29-78-68(73)74)84-62(101)50(32-39(3)4)87-65(104)54(37-108)90-64(103)53(35-93)89-55(94)43(10)81-56(95)44-21-15-18-28-77-44/h15,18,21,28,38-43,45-54,93,107-108H,13-14,16-17,19-20,22-27,29-37,71-72H2,1-12H3,(H,80,100)(H,81,95)(H,82,96)(H,83,99)(H,84,101)(H,85,98)(H,86,102)(H,87,104)(H,88,97)(H,89,94)(H,90,103)(H,91,106)(H,92,105)(H4,73,74,78)(H4,75,76,79). The minimum atomic E-state index is -1.82. The molecule has 612 valence electrons. The number of pyridine rings is 1. The summed E-state index contributed by atoms with van der Waals surface area (Å²) >= 11 is 8.51. The molecule has 0 aromatic carbocycles. The number of rotatable bonds is 53. The minimum absolute atomic E-state index is 0.00654. The van der Waals surface area contributed by atoms with Gasteiger partial charge in [0.25, 0.3) is 5.91 Å². The first kappa shape index (κ1) is 97.4. The zero-order valence-corrected chi connectivity index (χ0v) is 66.6. The van der Waals surface area contributed by atoms with Gasteiger partial charge in [0, 0.05) is 36.8 Å². The van der Waals surface area contributed by atoms with E-state index in [-0.39, 0.29) is 143 Å². The second-order valence-corrected chi connectivity index (χ2v) is 29.8. The summed E-state index contributed by atoms with van der Waals surface area (Å²) in [6.45, 7) is 20.1. The van der Waals surface area contributed by atoms with Gasteiger partial charge in [0.05, 0.1) is 6.61 Å². The number of unbranched alkanes of at least 4 members (excludes halogenated alkanes) is 2. The van der Waals surface area contributed by atoms with E-state index in [1.165, 1.54) is 33.0 Å². The molecule has 0 saturated heterocycles. The van der Waals surface area contributed by atoms with Crippen LogP contribution in [0, 0.1) is 34.5 Å². The minimum Gasteiger partial charge on any atom is -0.394 e. The summed E-state index contributed by atoms with van der Waals surface area (Å²) < 4.78 is 0. The molecule has 108 heavy (non-hydrogen) atoms. The molecule has 1 rings (SSSR count). The van der Waals surface area contributed by atoms with E-state index in [9.17, 15) is 67.4 Å². The van der Waals surface area contributed by atoms with E-state index in [2.05, 4.69) is 110 Å². The monoisotopic (exact) mass is 1560 g/mol. The first-order chi connectivity index (χ1) is 50.7. The van der Waals surface area contributed by atoms with Gasteiger partial charge in [-0.15, -0.1) is 0 Å². The Kier molecular flexibility index (Phi) is 46.6. The van der Waals surface area contributed by atoms with Gasteiger partial charge in [0.2, 0.25) is 70.9 Å². The highest BCUT2D eigenvalue weighted by Crippen LogP contribution is 2.16. The molecular formula is C70H126N22O14S2. The van der Waals surface area contributed by atoms with Gasteiger partial charge in [-0.1, -0.05) is 61.5 Å². The predicted molar refractivity (Wildman–Crippen MR) is 417 cm³/mol. The van der Waals surface area contributed by atoms with Crippen LogP contribution in [0.1, 0.15) is 183 Å². The van der Waals surface area contributed by atoms with Crippen molar-refractivity contribution in [2.75, 3.05) is 44.3 Å². The van der Waals surface area contributed by atoms with Gasteiger partial charge >= 0.3 is 0 Å². The largest absolute Gasteiger partial charge is 0.394 e. The molecule has 12 atom stereocenters. The molecule has 1 heterocycles. The molecule has 0 saturated carbocycles. The summed E-state index contributed by atoms with van der Waals surface area (Å²) in [6.07, 6.45) is 3.38. The maximum absolute atomic E-state index is 14.7. The number of nitrogens with zero attached hydrogens (tertiary/aromatic N) is 1. The molecular weight excluding hydrogens is 1440 g/mol. The number of hydrogen-bond donors (Lipinski definition) is 24. The zero-order chi connectivity index (χ0) is 82.0. The van der Waals surface area contributed by atoms with Crippen LogP contribution in [0.2, 0.25) is 0 Å². The van der Waals surface area contributed by atoms with Gasteiger partial charge in [0.15, 0.2) is 11.9 Å². The van der Waals surface area contributed by atoms with Crippen molar-refractivity contribution in [1.82, 2.24) is 84.7 Å². The first-order valence-electron chi connectivity index (χ1n) is 37.0. The smallest absolute Gasteiger partial charge is 0.270 e. The number of nitrogens with one attached hydrogen (secondary N) is 17. The lowest BCUT2D eigenvalue weighted by Gasteiger charge is -2.32. The maximum atomic E-state index is 14.7. The number of aliphatic hydroxyl groups is 1. The average Bonchev–Trinajstić information content (AvgIpc) is 0.843. The Labute approximate surface area is 646 Å². The van der Waals surface area contributed by atoms with Crippen molar-refractivity contribution in [1.29, 1.82) is 10.8 Å². The van der Waals surface area contributed by atoms with E-state index < -0.39 is 155 Å². The number of amides is 13. The van der Waals surface area contributed by atoms with Crippen molar-refractivity contribution >= 4 is 114 Å². The molecule has 13 amide bonds. The quantitative estimate of drug-likeness (QED) is 0.0136. The fraction of sp³-hybridized carbons (Fsp3) is 0.714. The van der Waals surface area contributed by atoms with E-state index in [1.54, 1.807) is 46.8 Å². The molecule has 1 aromatic rings. The maximum Gasteiger partial charge on any atom is 0.270 e. The van der Waals surface area contributed by atoms with Crippen LogP contribution in [0.4, 0.5) is 0 Å². The van der Waals surface area contributed by atoms with E-state index in [0.717, 1.165) is 0 Å². The van der Waals surface area contributed by atoms with E-state index in [0.29, 0.717) is 31.4 Å². The van der Waals surface area contributed by atoms with Crippen LogP contribution in [0.25, 0.3) is 0 Å². The summed E-state index contributed by atoms with van der Waals surface area (Å²) in [5, 5.41) is 65.3. The second-order valence-electron chi connectivity index (χ2n) is 29.1. The van der Waals surface area contributed by atoms with Crippen LogP contribution in [-0.2, 0) is 57.5 Å². The Bertz CT molecular complexity index is 3080. The lowest BCUT2D eigenvalue weighted by molar-refractivity contribution is -0.138. The van der Waals surface area contributed by atoms with Crippen LogP contribution < -0.4 is 103 Å². The molecule has 0 radical (unpaired) electrons. The van der Waals surface area contributed by atoms with Crippen LogP contribution >= 0.6 is 25.3 Å². The molecule has 0 fully saturated rings. The lowest BCUT2D eigenvalue weighted by Crippen LogP contribution is -2.63.